The number of rotatable bonds is 5. The number of amides is 3. The van der Waals surface area contributed by atoms with Crippen molar-refractivity contribution in [2.75, 3.05) is 18.4 Å². The summed E-state index contributed by atoms with van der Waals surface area (Å²) in [4.78, 5) is 38.3. The molecule has 3 amide bonds. The molecule has 0 bridgehead atoms. The minimum atomic E-state index is -0.558. The lowest BCUT2D eigenvalue weighted by molar-refractivity contribution is 0.0269. The smallest absolute Gasteiger partial charge is 0.410 e. The number of nitrogens with zero attached hydrogens (tertiary/aromatic N) is 1. The Labute approximate surface area is 217 Å². The highest BCUT2D eigenvalue weighted by Gasteiger charge is 2.25. The number of hydrogen-bond donors (Lipinski definition) is 2. The Morgan fingerprint density at radius 3 is 2.16 bits per heavy atom. The van der Waals surface area contributed by atoms with Crippen molar-refractivity contribution in [1.29, 1.82) is 0 Å². The monoisotopic (exact) mass is 515 g/mol. The van der Waals surface area contributed by atoms with Crippen LogP contribution in [0.5, 0.6) is 0 Å². The summed E-state index contributed by atoms with van der Waals surface area (Å²) in [5, 5.41) is 5.50. The van der Waals surface area contributed by atoms with Gasteiger partial charge >= 0.3 is 12.2 Å². The predicted molar refractivity (Wildman–Crippen MR) is 140 cm³/mol. The molecule has 0 saturated carbocycles. The number of benzene rings is 1. The molecule has 4 N–H and O–H groups in total. The fourth-order valence-electron chi connectivity index (χ4n) is 3.40. The van der Waals surface area contributed by atoms with Gasteiger partial charge in [0.2, 0.25) is 0 Å². The van der Waals surface area contributed by atoms with Gasteiger partial charge in [-0.25, -0.2) is 9.59 Å². The van der Waals surface area contributed by atoms with Gasteiger partial charge in [-0.05, 0) is 83.4 Å². The number of carbonyl (C=O) groups excluding carboxylic acids is 3. The van der Waals surface area contributed by atoms with Crippen LogP contribution in [0.25, 0.3) is 5.57 Å². The molecule has 0 atom stereocenters. The van der Waals surface area contributed by atoms with Gasteiger partial charge < -0.3 is 34.9 Å². The zero-order chi connectivity index (χ0) is 26.5. The number of hydrogen-bond acceptors (Lipinski definition) is 6. The maximum Gasteiger partial charge on any atom is 0.410 e. The van der Waals surface area contributed by atoms with E-state index in [1.165, 1.54) is 0 Å². The molecule has 1 aliphatic rings. The summed E-state index contributed by atoms with van der Waals surface area (Å²) in [6.07, 6.45) is 1.69. The molecule has 0 spiro atoms. The summed E-state index contributed by atoms with van der Waals surface area (Å²) in [6.45, 7) is 12.2. The quantitative estimate of drug-likeness (QED) is 0.588. The Bertz CT molecular complexity index is 1120. The molecule has 0 aliphatic carbocycles. The van der Waals surface area contributed by atoms with Crippen LogP contribution in [0.15, 0.2) is 46.9 Å². The van der Waals surface area contributed by atoms with E-state index in [4.69, 9.17) is 13.9 Å². The molecule has 0 unspecified atom stereocenters. The summed E-state index contributed by atoms with van der Waals surface area (Å²) in [7, 11) is 0. The largest absolute Gasteiger partial charge is 0.451 e. The molecule has 3 rings (SSSR count). The van der Waals surface area contributed by atoms with Gasteiger partial charge in [0, 0.05) is 25.3 Å². The predicted octanol–water partition coefficient (Wildman–Crippen LogP) is 4.76. The zero-order valence-corrected chi connectivity index (χ0v) is 22.3. The fraction of sp³-hybridized carbons (Fsp3) is 0.444. The van der Waals surface area contributed by atoms with Crippen LogP contribution in [0.2, 0.25) is 0 Å². The van der Waals surface area contributed by atoms with Crippen molar-refractivity contribution in [3.8, 4) is 0 Å². The number of alkyl carbamates (subject to hydrolysis) is 1. The second-order valence-electron chi connectivity index (χ2n) is 10.6. The van der Waals surface area contributed by atoms with E-state index in [0.717, 1.165) is 11.1 Å². The first-order valence-corrected chi connectivity index (χ1v) is 11.9. The Kier molecular flexibility index (Phi) is 9.52. The maximum atomic E-state index is 12.6. The van der Waals surface area contributed by atoms with Crippen LogP contribution in [0.3, 0.4) is 0 Å². The third-order valence-electron chi connectivity index (χ3n) is 5.05. The summed E-state index contributed by atoms with van der Waals surface area (Å²) in [6, 6.07) is 10.5. The van der Waals surface area contributed by atoms with Crippen LogP contribution in [-0.4, -0.2) is 52.8 Å². The molecule has 37 heavy (non-hydrogen) atoms. The molecular formula is C27H37N3O7. The van der Waals surface area contributed by atoms with Gasteiger partial charge in [0.05, 0.1) is 0 Å². The summed E-state index contributed by atoms with van der Waals surface area (Å²) in [5.74, 6) is 0.427. The molecule has 202 valence electrons. The van der Waals surface area contributed by atoms with Gasteiger partial charge in [-0.3, -0.25) is 4.79 Å². The molecule has 10 nitrogen and oxygen atoms in total. The van der Waals surface area contributed by atoms with Gasteiger partial charge in [0.15, 0.2) is 5.76 Å². The highest BCUT2D eigenvalue weighted by Crippen LogP contribution is 2.25. The first-order chi connectivity index (χ1) is 16.8. The normalized spacial score (nSPS) is 13.7. The van der Waals surface area contributed by atoms with Gasteiger partial charge in [-0.1, -0.05) is 18.2 Å². The second kappa shape index (κ2) is 12.0. The number of nitrogens with one attached hydrogen (secondary N) is 2. The van der Waals surface area contributed by atoms with Crippen molar-refractivity contribution < 1.29 is 33.8 Å². The topological polar surface area (TPSA) is 142 Å². The molecule has 0 radical (unpaired) electrons. The fourth-order valence-corrected chi connectivity index (χ4v) is 3.40. The first kappa shape index (κ1) is 29.4. The van der Waals surface area contributed by atoms with Gasteiger partial charge in [-0.2, -0.15) is 0 Å². The molecule has 2 heterocycles. The van der Waals surface area contributed by atoms with E-state index < -0.39 is 17.3 Å². The minimum Gasteiger partial charge on any atom is -0.451 e. The van der Waals surface area contributed by atoms with E-state index in [1.807, 2.05) is 39.0 Å². The van der Waals surface area contributed by atoms with E-state index >= 15 is 0 Å². The number of carbonyl (C=O) groups is 3. The number of ether oxygens (including phenoxy) is 2. The molecule has 1 aromatic carbocycles. The molecule has 0 fully saturated rings. The van der Waals surface area contributed by atoms with Crippen molar-refractivity contribution in [3.63, 3.8) is 0 Å². The third-order valence-corrected chi connectivity index (χ3v) is 5.05. The summed E-state index contributed by atoms with van der Waals surface area (Å²) in [5.41, 5.74) is 1.31. The lowest BCUT2D eigenvalue weighted by Crippen LogP contribution is -2.39. The van der Waals surface area contributed by atoms with Crippen molar-refractivity contribution in [3.05, 3.63) is 59.6 Å². The highest BCUT2D eigenvalue weighted by atomic mass is 16.6. The molecular weight excluding hydrogens is 478 g/mol. The average molecular weight is 516 g/mol. The first-order valence-electron chi connectivity index (χ1n) is 11.9. The Morgan fingerprint density at radius 1 is 0.946 bits per heavy atom. The van der Waals surface area contributed by atoms with Crippen molar-refractivity contribution in [2.24, 2.45) is 0 Å². The Hall–Kier alpha value is -3.79. The van der Waals surface area contributed by atoms with Crippen LogP contribution in [0, 0.1) is 0 Å². The van der Waals surface area contributed by atoms with E-state index in [0.29, 0.717) is 37.5 Å². The molecule has 1 aromatic heterocycles. The van der Waals surface area contributed by atoms with Crippen LogP contribution < -0.4 is 10.6 Å². The highest BCUT2D eigenvalue weighted by molar-refractivity contribution is 6.02. The molecule has 2 aromatic rings. The number of furan rings is 1. The summed E-state index contributed by atoms with van der Waals surface area (Å²) < 4.78 is 16.4. The lowest BCUT2D eigenvalue weighted by atomic mass is 10.1. The van der Waals surface area contributed by atoms with Crippen LogP contribution in [-0.2, 0) is 16.0 Å². The van der Waals surface area contributed by atoms with Crippen LogP contribution in [0.1, 0.15) is 69.8 Å². The minimum absolute atomic E-state index is 0. The van der Waals surface area contributed by atoms with E-state index in [-0.39, 0.29) is 23.2 Å². The van der Waals surface area contributed by atoms with Crippen molar-refractivity contribution >= 4 is 29.4 Å². The van der Waals surface area contributed by atoms with Gasteiger partial charge in [-0.15, -0.1) is 0 Å². The van der Waals surface area contributed by atoms with Crippen LogP contribution in [0.4, 0.5) is 15.3 Å². The van der Waals surface area contributed by atoms with Gasteiger partial charge in [0.1, 0.15) is 17.0 Å². The second-order valence-corrected chi connectivity index (χ2v) is 10.6. The third kappa shape index (κ3) is 9.30. The standard InChI is InChI=1S/C27H35N3O6.H2O/c1-26(2,3)35-24(32)28-17-18-7-9-20(10-8-18)29-23(31)22-12-11-21(34-22)19-13-15-30(16-14-19)25(33)36-27(4,5)6;/h7-13H,14-17H2,1-6H3,(H,28,32)(H,29,31);1H2. The lowest BCUT2D eigenvalue weighted by Gasteiger charge is -2.29. The van der Waals surface area contributed by atoms with Gasteiger partial charge in [0.25, 0.3) is 5.91 Å². The SMILES string of the molecule is CC(C)(C)OC(=O)NCc1ccc(NC(=O)c2ccc(C3=CCN(C(=O)OC(C)(C)C)CC3)o2)cc1.O. The van der Waals surface area contributed by atoms with Crippen molar-refractivity contribution in [2.45, 2.75) is 65.7 Å². The number of anilines is 1. The Morgan fingerprint density at radius 2 is 1.59 bits per heavy atom. The molecule has 0 saturated heterocycles. The van der Waals surface area contributed by atoms with E-state index in [1.54, 1.807) is 49.9 Å². The molecule has 1 aliphatic heterocycles. The Balaban J connectivity index is 0.00000481. The van der Waals surface area contributed by atoms with E-state index in [9.17, 15) is 14.4 Å². The summed E-state index contributed by atoms with van der Waals surface area (Å²) >= 11 is 0. The zero-order valence-electron chi connectivity index (χ0n) is 22.3. The van der Waals surface area contributed by atoms with Crippen LogP contribution >= 0.6 is 0 Å². The maximum absolute atomic E-state index is 12.6. The molecule has 10 heteroatoms. The average Bonchev–Trinajstić information content (AvgIpc) is 3.27. The van der Waals surface area contributed by atoms with Crippen molar-refractivity contribution in [1.82, 2.24) is 10.2 Å². The van der Waals surface area contributed by atoms with E-state index in [2.05, 4.69) is 10.6 Å².